The van der Waals surface area contributed by atoms with Gasteiger partial charge in [-0.3, -0.25) is 4.79 Å². The van der Waals surface area contributed by atoms with Gasteiger partial charge in [-0.15, -0.1) is 0 Å². The molecule has 0 saturated carbocycles. The summed E-state index contributed by atoms with van der Waals surface area (Å²) in [6, 6.07) is 6.51. The van der Waals surface area contributed by atoms with E-state index in [9.17, 15) is 4.79 Å². The first kappa shape index (κ1) is 16.3. The number of ether oxygens (including phenoxy) is 1. The van der Waals surface area contributed by atoms with Crippen molar-refractivity contribution in [2.24, 2.45) is 5.92 Å². The Morgan fingerprint density at radius 2 is 2.17 bits per heavy atom. The maximum absolute atomic E-state index is 12.4. The number of rotatable bonds is 5. The van der Waals surface area contributed by atoms with E-state index in [-0.39, 0.29) is 13.1 Å². The highest BCUT2D eigenvalue weighted by Crippen LogP contribution is 2.42. The van der Waals surface area contributed by atoms with E-state index in [1.54, 1.807) is 0 Å². The maximum Gasteiger partial charge on any atom is 0.138 e. The second-order valence-corrected chi connectivity index (χ2v) is 6.92. The lowest BCUT2D eigenvalue weighted by molar-refractivity contribution is -0.133. The summed E-state index contributed by atoms with van der Waals surface area (Å²) < 4.78 is 6.21. The number of Topliss-reactive ketones (excluding diaryl/α,β-unsaturated/α-hetero) is 1. The summed E-state index contributed by atoms with van der Waals surface area (Å²) in [6.45, 7) is 8.93. The molecule has 23 heavy (non-hydrogen) atoms. The number of hydrogen-bond donors (Lipinski definition) is 1. The van der Waals surface area contributed by atoms with Gasteiger partial charge in [0.1, 0.15) is 11.4 Å². The number of aromatic nitrogens is 1. The SMILES string of the molecule is CCc1cccc2c3c([nH]c12)C(CC)(CC(=O)C(C)C)OCC3.[HH]. The number of carbonyl (C=O) groups excluding carboxylic acids is 1. The van der Waals surface area contributed by atoms with Crippen LogP contribution in [-0.2, 0) is 28.0 Å². The normalized spacial score (nSPS) is 20.9. The van der Waals surface area contributed by atoms with Crippen LogP contribution >= 0.6 is 0 Å². The van der Waals surface area contributed by atoms with Crippen molar-refractivity contribution in [1.82, 2.24) is 4.98 Å². The molecule has 0 spiro atoms. The molecule has 1 aliphatic heterocycles. The number of hydrogen-bond acceptors (Lipinski definition) is 2. The van der Waals surface area contributed by atoms with Crippen LogP contribution in [0.2, 0.25) is 0 Å². The van der Waals surface area contributed by atoms with Gasteiger partial charge in [0, 0.05) is 24.7 Å². The smallest absolute Gasteiger partial charge is 0.138 e. The van der Waals surface area contributed by atoms with Gasteiger partial charge in [0.2, 0.25) is 0 Å². The van der Waals surface area contributed by atoms with E-state index < -0.39 is 5.60 Å². The van der Waals surface area contributed by atoms with Gasteiger partial charge in [-0.2, -0.15) is 0 Å². The Morgan fingerprint density at radius 1 is 1.39 bits per heavy atom. The van der Waals surface area contributed by atoms with Crippen molar-refractivity contribution in [3.63, 3.8) is 0 Å². The molecule has 2 aromatic rings. The summed E-state index contributed by atoms with van der Waals surface area (Å²) in [4.78, 5) is 16.1. The van der Waals surface area contributed by atoms with E-state index >= 15 is 0 Å². The van der Waals surface area contributed by atoms with Crippen LogP contribution in [0.25, 0.3) is 10.9 Å². The van der Waals surface area contributed by atoms with Gasteiger partial charge in [-0.05, 0) is 30.4 Å². The highest BCUT2D eigenvalue weighted by molar-refractivity contribution is 5.89. The third-order valence-corrected chi connectivity index (χ3v) is 5.27. The Balaban J connectivity index is 0.00000208. The van der Waals surface area contributed by atoms with Crippen LogP contribution in [-0.4, -0.2) is 17.4 Å². The number of aryl methyl sites for hydroxylation is 1. The quantitative estimate of drug-likeness (QED) is 0.863. The predicted molar refractivity (Wildman–Crippen MR) is 95.9 cm³/mol. The lowest BCUT2D eigenvalue weighted by Gasteiger charge is -2.36. The van der Waals surface area contributed by atoms with Crippen molar-refractivity contribution >= 4 is 16.7 Å². The summed E-state index contributed by atoms with van der Waals surface area (Å²) in [5, 5.41) is 1.30. The average molecular weight is 315 g/mol. The van der Waals surface area contributed by atoms with E-state index in [1.807, 2.05) is 13.8 Å². The van der Waals surface area contributed by atoms with Crippen LogP contribution in [0.4, 0.5) is 0 Å². The minimum atomic E-state index is -0.487. The van der Waals surface area contributed by atoms with Crippen molar-refractivity contribution in [2.75, 3.05) is 6.61 Å². The van der Waals surface area contributed by atoms with E-state index in [2.05, 4.69) is 37.0 Å². The van der Waals surface area contributed by atoms with Gasteiger partial charge in [-0.1, -0.05) is 45.9 Å². The summed E-state index contributed by atoms with van der Waals surface area (Å²) in [7, 11) is 0. The van der Waals surface area contributed by atoms with E-state index in [4.69, 9.17) is 4.74 Å². The zero-order chi connectivity index (χ0) is 16.6. The fourth-order valence-electron chi connectivity index (χ4n) is 3.73. The number of H-pyrrole nitrogens is 1. The minimum Gasteiger partial charge on any atom is -0.368 e. The van der Waals surface area contributed by atoms with Crippen molar-refractivity contribution < 1.29 is 11.0 Å². The minimum absolute atomic E-state index is 0. The molecule has 3 rings (SSSR count). The molecule has 0 bridgehead atoms. The second-order valence-electron chi connectivity index (χ2n) is 6.92. The molecule has 0 saturated heterocycles. The fourth-order valence-corrected chi connectivity index (χ4v) is 3.73. The summed E-state index contributed by atoms with van der Waals surface area (Å²) in [5.74, 6) is 0.317. The molecule has 3 nitrogen and oxygen atoms in total. The first-order valence-corrected chi connectivity index (χ1v) is 8.82. The lowest BCUT2D eigenvalue weighted by Crippen LogP contribution is -2.38. The topological polar surface area (TPSA) is 42.1 Å². The Labute approximate surface area is 139 Å². The van der Waals surface area contributed by atoms with E-state index in [0.717, 1.165) is 25.0 Å². The molecule has 1 atom stereocenters. The maximum atomic E-state index is 12.4. The van der Waals surface area contributed by atoms with Gasteiger partial charge in [-0.25, -0.2) is 0 Å². The number of nitrogens with one attached hydrogen (secondary N) is 1. The van der Waals surface area contributed by atoms with Crippen LogP contribution in [0.15, 0.2) is 18.2 Å². The van der Waals surface area contributed by atoms with Crippen LogP contribution in [0.3, 0.4) is 0 Å². The zero-order valence-corrected chi connectivity index (χ0v) is 14.7. The Kier molecular flexibility index (Phi) is 4.33. The molecule has 126 valence electrons. The van der Waals surface area contributed by atoms with Crippen molar-refractivity contribution in [2.45, 2.75) is 59.0 Å². The van der Waals surface area contributed by atoms with Crippen molar-refractivity contribution in [3.8, 4) is 0 Å². The molecule has 0 amide bonds. The lowest BCUT2D eigenvalue weighted by atomic mass is 9.83. The molecular weight excluding hydrogens is 286 g/mol. The van der Waals surface area contributed by atoms with Gasteiger partial charge in [0.25, 0.3) is 0 Å². The monoisotopic (exact) mass is 315 g/mol. The van der Waals surface area contributed by atoms with Gasteiger partial charge < -0.3 is 9.72 Å². The second kappa shape index (κ2) is 6.12. The number of fused-ring (bicyclic) bond motifs is 3. The Morgan fingerprint density at radius 3 is 2.83 bits per heavy atom. The van der Waals surface area contributed by atoms with Crippen molar-refractivity contribution in [3.05, 3.63) is 35.0 Å². The molecule has 2 heterocycles. The molecule has 1 aromatic carbocycles. The van der Waals surface area contributed by atoms with Crippen LogP contribution in [0.5, 0.6) is 0 Å². The molecular formula is C20H29NO2. The summed E-state index contributed by atoms with van der Waals surface area (Å²) >= 11 is 0. The van der Waals surface area contributed by atoms with Crippen LogP contribution in [0, 0.1) is 5.92 Å². The molecule has 0 aliphatic carbocycles. The third kappa shape index (κ3) is 2.61. The summed E-state index contributed by atoms with van der Waals surface area (Å²) in [5.41, 5.74) is 4.55. The van der Waals surface area contributed by atoms with Gasteiger partial charge in [0.05, 0.1) is 12.3 Å². The third-order valence-electron chi connectivity index (χ3n) is 5.27. The first-order valence-electron chi connectivity index (χ1n) is 8.82. The highest BCUT2D eigenvalue weighted by Gasteiger charge is 2.41. The first-order chi connectivity index (χ1) is 11.0. The fraction of sp³-hybridized carbons (Fsp3) is 0.550. The number of ketones is 1. The molecule has 1 unspecified atom stereocenters. The number of para-hydroxylation sites is 1. The molecule has 1 aliphatic rings. The van der Waals surface area contributed by atoms with Crippen LogP contribution in [0.1, 0.15) is 58.8 Å². The molecule has 1 N–H and O–H groups in total. The number of benzene rings is 1. The van der Waals surface area contributed by atoms with Crippen LogP contribution < -0.4 is 0 Å². The standard InChI is InChI=1S/C20H27NO2.H2/c1-5-14-8-7-9-15-16-10-11-23-20(6-2,12-17(22)13(3)4)19(16)21-18(14)15;/h7-9,13,21H,5-6,10-12H2,1-4H3;1H. The molecule has 3 heteroatoms. The molecule has 0 fully saturated rings. The van der Waals surface area contributed by atoms with Gasteiger partial charge in [0.15, 0.2) is 0 Å². The van der Waals surface area contributed by atoms with E-state index in [1.165, 1.54) is 22.0 Å². The largest absolute Gasteiger partial charge is 0.368 e. The number of carbonyl (C=O) groups is 1. The molecule has 1 aromatic heterocycles. The van der Waals surface area contributed by atoms with E-state index in [0.29, 0.717) is 13.0 Å². The van der Waals surface area contributed by atoms with Gasteiger partial charge >= 0.3 is 0 Å². The average Bonchev–Trinajstić information content (AvgIpc) is 2.94. The Hall–Kier alpha value is -1.61. The highest BCUT2D eigenvalue weighted by atomic mass is 16.5. The summed E-state index contributed by atoms with van der Waals surface area (Å²) in [6.07, 6.45) is 3.19. The molecule has 0 radical (unpaired) electrons. The predicted octanol–water partition coefficient (Wildman–Crippen LogP) is 4.77. The van der Waals surface area contributed by atoms with Crippen molar-refractivity contribution in [1.29, 1.82) is 0 Å². The number of aromatic amines is 1. The zero-order valence-electron chi connectivity index (χ0n) is 14.7. The Bertz CT molecular complexity index is 735.